The number of carbonyl (C=O) groups is 1. The van der Waals surface area contributed by atoms with Gasteiger partial charge in [0.05, 0.1) is 16.7 Å². The van der Waals surface area contributed by atoms with Gasteiger partial charge in [-0.25, -0.2) is 0 Å². The molecule has 0 aromatic heterocycles. The van der Waals surface area contributed by atoms with Crippen LogP contribution in [0.5, 0.6) is 0 Å². The zero-order valence-electron chi connectivity index (χ0n) is 11.1. The van der Waals surface area contributed by atoms with Crippen LogP contribution in [0.4, 0.5) is 0 Å². The molecule has 100 valence electrons. The molecular weight excluding hydrogens is 250 g/mol. The molecule has 4 heteroatoms. The van der Waals surface area contributed by atoms with E-state index in [1.54, 1.807) is 12.1 Å². The SMILES string of the molecule is CCC(O)CCNC(=O)c1cc(C)c(C)cc1Cl. The minimum atomic E-state index is -0.361. The van der Waals surface area contributed by atoms with Crippen molar-refractivity contribution in [3.8, 4) is 0 Å². The molecule has 1 aromatic carbocycles. The van der Waals surface area contributed by atoms with Gasteiger partial charge in [-0.15, -0.1) is 0 Å². The summed E-state index contributed by atoms with van der Waals surface area (Å²) in [5.41, 5.74) is 2.60. The van der Waals surface area contributed by atoms with Crippen LogP contribution in [-0.4, -0.2) is 23.7 Å². The molecule has 18 heavy (non-hydrogen) atoms. The van der Waals surface area contributed by atoms with E-state index in [-0.39, 0.29) is 12.0 Å². The maximum atomic E-state index is 11.9. The smallest absolute Gasteiger partial charge is 0.252 e. The molecule has 1 atom stereocenters. The van der Waals surface area contributed by atoms with Crippen molar-refractivity contribution in [1.29, 1.82) is 0 Å². The fraction of sp³-hybridized carbons (Fsp3) is 0.500. The van der Waals surface area contributed by atoms with Gasteiger partial charge in [-0.1, -0.05) is 18.5 Å². The standard InChI is InChI=1S/C14H20ClNO2/c1-4-11(17)5-6-16-14(18)12-7-9(2)10(3)8-13(12)15/h7-8,11,17H,4-6H2,1-3H3,(H,16,18). The Bertz CT molecular complexity index is 432. The number of hydrogen-bond acceptors (Lipinski definition) is 2. The van der Waals surface area contributed by atoms with E-state index in [0.717, 1.165) is 11.1 Å². The summed E-state index contributed by atoms with van der Waals surface area (Å²) in [5.74, 6) is -0.189. The number of hydrogen-bond donors (Lipinski definition) is 2. The molecule has 0 saturated heterocycles. The Hall–Kier alpha value is -1.06. The van der Waals surface area contributed by atoms with Gasteiger partial charge in [0.25, 0.3) is 5.91 Å². The van der Waals surface area contributed by atoms with Crippen LogP contribution >= 0.6 is 11.6 Å². The molecule has 0 aliphatic carbocycles. The van der Waals surface area contributed by atoms with E-state index < -0.39 is 0 Å². The molecule has 0 bridgehead atoms. The molecule has 3 nitrogen and oxygen atoms in total. The van der Waals surface area contributed by atoms with Gasteiger partial charge in [0.2, 0.25) is 0 Å². The van der Waals surface area contributed by atoms with Crippen LogP contribution in [0.3, 0.4) is 0 Å². The van der Waals surface area contributed by atoms with Crippen LogP contribution in [0.1, 0.15) is 41.3 Å². The number of aliphatic hydroxyl groups is 1. The second-order valence-electron chi connectivity index (χ2n) is 4.52. The molecular formula is C14H20ClNO2. The van der Waals surface area contributed by atoms with Crippen molar-refractivity contribution >= 4 is 17.5 Å². The lowest BCUT2D eigenvalue weighted by molar-refractivity contribution is 0.0942. The van der Waals surface area contributed by atoms with Crippen molar-refractivity contribution in [1.82, 2.24) is 5.32 Å². The maximum Gasteiger partial charge on any atom is 0.252 e. The Kier molecular flexibility index (Phi) is 5.63. The van der Waals surface area contributed by atoms with Crippen LogP contribution in [0.25, 0.3) is 0 Å². The third-order valence-electron chi connectivity index (χ3n) is 3.06. The van der Waals surface area contributed by atoms with Gasteiger partial charge >= 0.3 is 0 Å². The zero-order chi connectivity index (χ0) is 13.7. The highest BCUT2D eigenvalue weighted by atomic mass is 35.5. The summed E-state index contributed by atoms with van der Waals surface area (Å²) < 4.78 is 0. The highest BCUT2D eigenvalue weighted by molar-refractivity contribution is 6.33. The third kappa shape index (κ3) is 4.00. The molecule has 1 amide bonds. The summed E-state index contributed by atoms with van der Waals surface area (Å²) in [6, 6.07) is 3.59. The van der Waals surface area contributed by atoms with E-state index in [9.17, 15) is 9.90 Å². The van der Waals surface area contributed by atoms with Crippen molar-refractivity contribution in [2.24, 2.45) is 0 Å². The Morgan fingerprint density at radius 1 is 1.39 bits per heavy atom. The van der Waals surface area contributed by atoms with E-state index in [1.165, 1.54) is 0 Å². The Balaban J connectivity index is 2.64. The zero-order valence-corrected chi connectivity index (χ0v) is 11.8. The first kappa shape index (κ1) is 15.0. The monoisotopic (exact) mass is 269 g/mol. The Labute approximate surface area is 113 Å². The summed E-state index contributed by atoms with van der Waals surface area (Å²) in [6.07, 6.45) is 0.894. The second kappa shape index (κ2) is 6.76. The first-order valence-corrected chi connectivity index (χ1v) is 6.56. The van der Waals surface area contributed by atoms with E-state index in [0.29, 0.717) is 30.0 Å². The van der Waals surface area contributed by atoms with Gasteiger partial charge in [0, 0.05) is 6.54 Å². The van der Waals surface area contributed by atoms with Gasteiger partial charge in [-0.3, -0.25) is 4.79 Å². The fourth-order valence-electron chi connectivity index (χ4n) is 1.61. The Morgan fingerprint density at radius 2 is 2.00 bits per heavy atom. The fourth-order valence-corrected chi connectivity index (χ4v) is 1.91. The normalized spacial score (nSPS) is 12.3. The molecule has 1 unspecified atom stereocenters. The molecule has 2 N–H and O–H groups in total. The number of carbonyl (C=O) groups excluding carboxylic acids is 1. The highest BCUT2D eigenvalue weighted by Gasteiger charge is 2.12. The van der Waals surface area contributed by atoms with Crippen LogP contribution < -0.4 is 5.32 Å². The summed E-state index contributed by atoms with van der Waals surface area (Å²) >= 11 is 6.05. The largest absolute Gasteiger partial charge is 0.393 e. The third-order valence-corrected chi connectivity index (χ3v) is 3.38. The van der Waals surface area contributed by atoms with Crippen molar-refractivity contribution in [2.45, 2.75) is 39.7 Å². The van der Waals surface area contributed by atoms with Crippen LogP contribution in [0.2, 0.25) is 5.02 Å². The first-order valence-electron chi connectivity index (χ1n) is 6.18. The highest BCUT2D eigenvalue weighted by Crippen LogP contribution is 2.20. The molecule has 0 fully saturated rings. The van der Waals surface area contributed by atoms with Crippen molar-refractivity contribution in [3.05, 3.63) is 33.8 Å². The second-order valence-corrected chi connectivity index (χ2v) is 4.93. The van der Waals surface area contributed by atoms with Gasteiger partial charge in [-0.05, 0) is 49.9 Å². The maximum absolute atomic E-state index is 11.9. The van der Waals surface area contributed by atoms with Crippen LogP contribution in [0, 0.1) is 13.8 Å². The van der Waals surface area contributed by atoms with Crippen molar-refractivity contribution in [2.75, 3.05) is 6.54 Å². The number of halogens is 1. The summed E-state index contributed by atoms with van der Waals surface area (Å²) in [6.45, 7) is 6.27. The minimum Gasteiger partial charge on any atom is -0.393 e. The molecule has 0 aliphatic rings. The first-order chi connectivity index (χ1) is 8.45. The lowest BCUT2D eigenvalue weighted by atomic mass is 10.1. The number of benzene rings is 1. The number of aliphatic hydroxyl groups excluding tert-OH is 1. The Morgan fingerprint density at radius 3 is 2.61 bits per heavy atom. The molecule has 0 saturated carbocycles. The lowest BCUT2D eigenvalue weighted by Crippen LogP contribution is -2.27. The van der Waals surface area contributed by atoms with Gasteiger partial charge in [0.15, 0.2) is 0 Å². The summed E-state index contributed by atoms with van der Waals surface area (Å²) in [4.78, 5) is 11.9. The predicted molar refractivity (Wildman–Crippen MR) is 74.2 cm³/mol. The molecule has 0 radical (unpaired) electrons. The van der Waals surface area contributed by atoms with Gasteiger partial charge in [-0.2, -0.15) is 0 Å². The topological polar surface area (TPSA) is 49.3 Å². The predicted octanol–water partition coefficient (Wildman–Crippen LogP) is 2.85. The lowest BCUT2D eigenvalue weighted by Gasteiger charge is -2.11. The van der Waals surface area contributed by atoms with Crippen LogP contribution in [-0.2, 0) is 0 Å². The molecule has 0 heterocycles. The minimum absolute atomic E-state index is 0.189. The quantitative estimate of drug-likeness (QED) is 0.864. The summed E-state index contributed by atoms with van der Waals surface area (Å²) in [7, 11) is 0. The molecule has 0 aliphatic heterocycles. The number of aryl methyl sites for hydroxylation is 2. The number of rotatable bonds is 5. The van der Waals surface area contributed by atoms with E-state index in [1.807, 2.05) is 20.8 Å². The van der Waals surface area contributed by atoms with E-state index in [2.05, 4.69) is 5.32 Å². The van der Waals surface area contributed by atoms with E-state index >= 15 is 0 Å². The van der Waals surface area contributed by atoms with E-state index in [4.69, 9.17) is 11.6 Å². The molecule has 0 spiro atoms. The average Bonchev–Trinajstić information content (AvgIpc) is 2.33. The van der Waals surface area contributed by atoms with Crippen LogP contribution in [0.15, 0.2) is 12.1 Å². The average molecular weight is 270 g/mol. The van der Waals surface area contributed by atoms with Crippen molar-refractivity contribution in [3.63, 3.8) is 0 Å². The molecule has 1 rings (SSSR count). The van der Waals surface area contributed by atoms with Crippen molar-refractivity contribution < 1.29 is 9.90 Å². The van der Waals surface area contributed by atoms with Gasteiger partial charge in [0.1, 0.15) is 0 Å². The molecule has 1 aromatic rings. The number of nitrogens with one attached hydrogen (secondary N) is 1. The number of amides is 1. The summed E-state index contributed by atoms with van der Waals surface area (Å²) in [5, 5.41) is 12.6. The van der Waals surface area contributed by atoms with Gasteiger partial charge < -0.3 is 10.4 Å².